The number of rotatable bonds is 4. The van der Waals surface area contributed by atoms with Gasteiger partial charge in [0.25, 0.3) is 0 Å². The molecule has 0 saturated carbocycles. The van der Waals surface area contributed by atoms with Gasteiger partial charge in [0.2, 0.25) is 5.91 Å². The van der Waals surface area contributed by atoms with Gasteiger partial charge in [0, 0.05) is 14.2 Å². The van der Waals surface area contributed by atoms with E-state index in [1.54, 1.807) is 6.92 Å². The summed E-state index contributed by atoms with van der Waals surface area (Å²) in [5.41, 5.74) is 0. The minimum atomic E-state index is -0.968. The van der Waals surface area contributed by atoms with Crippen LogP contribution in [0.5, 0.6) is 0 Å². The van der Waals surface area contributed by atoms with Crippen LogP contribution in [0.4, 0.5) is 0 Å². The molecule has 17 heavy (non-hydrogen) atoms. The average Bonchev–Trinajstić information content (AvgIpc) is 2.33. The van der Waals surface area contributed by atoms with Crippen LogP contribution in [0.15, 0.2) is 0 Å². The van der Waals surface area contributed by atoms with Crippen molar-refractivity contribution in [3.63, 3.8) is 0 Å². The summed E-state index contributed by atoms with van der Waals surface area (Å²) in [7, 11) is 2.87. The van der Waals surface area contributed by atoms with E-state index in [9.17, 15) is 9.90 Å². The first-order chi connectivity index (χ1) is 8.04. The second-order valence-corrected chi connectivity index (χ2v) is 3.89. The van der Waals surface area contributed by atoms with E-state index in [0.717, 1.165) is 0 Å². The zero-order chi connectivity index (χ0) is 13.0. The molecule has 0 bridgehead atoms. The molecule has 0 aromatic heterocycles. The highest BCUT2D eigenvalue weighted by atomic mass is 16.7. The molecule has 0 aromatic rings. The van der Waals surface area contributed by atoms with Crippen LogP contribution in [0.3, 0.4) is 0 Å². The van der Waals surface area contributed by atoms with Crippen molar-refractivity contribution in [3.8, 4) is 0 Å². The van der Waals surface area contributed by atoms with Gasteiger partial charge in [-0.15, -0.1) is 0 Å². The van der Waals surface area contributed by atoms with Gasteiger partial charge in [-0.1, -0.05) is 0 Å². The molecule has 5 atom stereocenters. The van der Waals surface area contributed by atoms with Gasteiger partial charge in [0.05, 0.1) is 12.1 Å². The Morgan fingerprint density at radius 1 is 1.41 bits per heavy atom. The number of ether oxygens (including phenoxy) is 3. The van der Waals surface area contributed by atoms with Gasteiger partial charge in [-0.05, 0) is 6.92 Å². The fourth-order valence-corrected chi connectivity index (χ4v) is 1.89. The number of carbonyl (C=O) groups is 1. The monoisotopic (exact) mass is 249 g/mol. The quantitative estimate of drug-likeness (QED) is 0.545. The largest absolute Gasteiger partial charge is 0.388 e. The lowest BCUT2D eigenvalue weighted by atomic mass is 9.97. The van der Waals surface area contributed by atoms with Crippen molar-refractivity contribution >= 4 is 5.91 Å². The van der Waals surface area contributed by atoms with Crippen LogP contribution in [-0.4, -0.2) is 67.6 Å². The molecule has 0 unspecified atom stereocenters. The Hall–Kier alpha value is -0.730. The predicted molar refractivity (Wildman–Crippen MR) is 57.2 cm³/mol. The standard InChI is InChI=1S/C10H19NO6/c1-5-7(11-6(13)4-12)8(14)9(15-2)10(16-3)17-5/h5,7-10,12,14H,4H2,1-3H3,(H,11,13)/t5-,7-,8+,9+,10+/m1/s1. The van der Waals surface area contributed by atoms with Crippen molar-refractivity contribution in [2.45, 2.75) is 37.6 Å². The molecule has 3 N–H and O–H groups in total. The number of methoxy groups -OCH3 is 2. The average molecular weight is 249 g/mol. The molecule has 1 fully saturated rings. The van der Waals surface area contributed by atoms with E-state index in [1.807, 2.05) is 0 Å². The topological polar surface area (TPSA) is 97.3 Å². The first-order valence-electron chi connectivity index (χ1n) is 5.34. The highest BCUT2D eigenvalue weighted by molar-refractivity contribution is 5.77. The minimum absolute atomic E-state index is 0.447. The van der Waals surface area contributed by atoms with E-state index in [4.69, 9.17) is 19.3 Å². The summed E-state index contributed by atoms with van der Waals surface area (Å²) in [4.78, 5) is 11.1. The molecule has 1 amide bonds. The summed E-state index contributed by atoms with van der Waals surface area (Å²) in [6.45, 7) is 1.06. The molecule has 1 rings (SSSR count). The molecule has 0 aromatic carbocycles. The van der Waals surface area contributed by atoms with Crippen molar-refractivity contribution in [2.75, 3.05) is 20.8 Å². The lowest BCUT2D eigenvalue weighted by molar-refractivity contribution is -0.269. The second-order valence-electron chi connectivity index (χ2n) is 3.89. The molecule has 1 aliphatic heterocycles. The van der Waals surface area contributed by atoms with Gasteiger partial charge in [0.1, 0.15) is 18.8 Å². The first kappa shape index (κ1) is 14.3. The van der Waals surface area contributed by atoms with Gasteiger partial charge in [-0.2, -0.15) is 0 Å². The van der Waals surface area contributed by atoms with Crippen LogP contribution >= 0.6 is 0 Å². The van der Waals surface area contributed by atoms with Crippen LogP contribution in [0.25, 0.3) is 0 Å². The third kappa shape index (κ3) is 3.14. The van der Waals surface area contributed by atoms with Crippen LogP contribution in [0, 0.1) is 0 Å². The molecule has 1 heterocycles. The fraction of sp³-hybridized carbons (Fsp3) is 0.900. The third-order valence-corrected chi connectivity index (χ3v) is 2.80. The number of hydrogen-bond donors (Lipinski definition) is 3. The number of aliphatic hydroxyl groups excluding tert-OH is 2. The molecule has 1 aliphatic rings. The van der Waals surface area contributed by atoms with E-state index in [-0.39, 0.29) is 0 Å². The fourth-order valence-electron chi connectivity index (χ4n) is 1.89. The molecular formula is C10H19NO6. The number of nitrogens with one attached hydrogen (secondary N) is 1. The summed E-state index contributed by atoms with van der Waals surface area (Å²) < 4.78 is 15.6. The molecule has 7 heteroatoms. The zero-order valence-electron chi connectivity index (χ0n) is 10.1. The first-order valence-corrected chi connectivity index (χ1v) is 5.34. The zero-order valence-corrected chi connectivity index (χ0v) is 10.1. The molecule has 100 valence electrons. The molecule has 1 saturated heterocycles. The third-order valence-electron chi connectivity index (χ3n) is 2.80. The predicted octanol–water partition coefficient (Wildman–Crippen LogP) is -1.77. The Bertz CT molecular complexity index is 261. The highest BCUT2D eigenvalue weighted by Crippen LogP contribution is 2.23. The van der Waals surface area contributed by atoms with E-state index < -0.39 is 43.2 Å². The lowest BCUT2D eigenvalue weighted by Crippen LogP contribution is -2.63. The van der Waals surface area contributed by atoms with E-state index in [2.05, 4.69) is 5.32 Å². The Morgan fingerprint density at radius 3 is 2.53 bits per heavy atom. The SMILES string of the molecule is CO[C@H]1O[C@H](C)[C@@H](NC(=O)CO)[C@H](O)[C@@H]1OC. The maximum atomic E-state index is 11.1. The van der Waals surface area contributed by atoms with Crippen molar-refractivity contribution in [1.29, 1.82) is 0 Å². The molecular weight excluding hydrogens is 230 g/mol. The smallest absolute Gasteiger partial charge is 0.246 e. The second kappa shape index (κ2) is 6.27. The van der Waals surface area contributed by atoms with Crippen LogP contribution < -0.4 is 5.32 Å². The highest BCUT2D eigenvalue weighted by Gasteiger charge is 2.44. The summed E-state index contributed by atoms with van der Waals surface area (Å²) in [6, 6.07) is -0.647. The Kier molecular flexibility index (Phi) is 5.29. The summed E-state index contributed by atoms with van der Waals surface area (Å²) in [6.07, 6.45) is -2.80. The summed E-state index contributed by atoms with van der Waals surface area (Å²) in [5, 5.41) is 21.2. The van der Waals surface area contributed by atoms with Crippen molar-refractivity contribution in [2.24, 2.45) is 0 Å². The molecule has 7 nitrogen and oxygen atoms in total. The van der Waals surface area contributed by atoms with Crippen LogP contribution in [0.1, 0.15) is 6.92 Å². The van der Waals surface area contributed by atoms with Gasteiger partial charge in [-0.25, -0.2) is 0 Å². The van der Waals surface area contributed by atoms with Crippen molar-refractivity contribution in [3.05, 3.63) is 0 Å². The van der Waals surface area contributed by atoms with Gasteiger partial charge in [-0.3, -0.25) is 4.79 Å². The van der Waals surface area contributed by atoms with Gasteiger partial charge >= 0.3 is 0 Å². The van der Waals surface area contributed by atoms with E-state index in [1.165, 1.54) is 14.2 Å². The maximum Gasteiger partial charge on any atom is 0.246 e. The van der Waals surface area contributed by atoms with Crippen molar-refractivity contribution in [1.82, 2.24) is 5.32 Å². The van der Waals surface area contributed by atoms with Gasteiger partial charge in [0.15, 0.2) is 6.29 Å². The minimum Gasteiger partial charge on any atom is -0.388 e. The summed E-state index contributed by atoms with van der Waals surface area (Å²) in [5.74, 6) is -0.574. The Morgan fingerprint density at radius 2 is 2.06 bits per heavy atom. The molecule has 0 radical (unpaired) electrons. The number of aliphatic hydroxyl groups is 2. The normalized spacial score (nSPS) is 37.8. The van der Waals surface area contributed by atoms with E-state index >= 15 is 0 Å². The Balaban J connectivity index is 2.74. The summed E-state index contributed by atoms with van der Waals surface area (Å²) >= 11 is 0. The molecule has 0 spiro atoms. The maximum absolute atomic E-state index is 11.1. The van der Waals surface area contributed by atoms with Crippen molar-refractivity contribution < 1.29 is 29.2 Å². The number of hydrogen-bond acceptors (Lipinski definition) is 6. The lowest BCUT2D eigenvalue weighted by Gasteiger charge is -2.42. The molecule has 0 aliphatic carbocycles. The number of carbonyl (C=O) groups excluding carboxylic acids is 1. The number of amides is 1. The van der Waals surface area contributed by atoms with Crippen LogP contribution in [0.2, 0.25) is 0 Å². The Labute approximate surface area is 99.7 Å². The van der Waals surface area contributed by atoms with E-state index in [0.29, 0.717) is 0 Å². The van der Waals surface area contributed by atoms with Crippen LogP contribution in [-0.2, 0) is 19.0 Å². The van der Waals surface area contributed by atoms with Gasteiger partial charge < -0.3 is 29.7 Å².